The molecule has 0 saturated heterocycles. The van der Waals surface area contributed by atoms with Crippen molar-refractivity contribution in [1.82, 2.24) is 15.1 Å². The van der Waals surface area contributed by atoms with Gasteiger partial charge in [-0.25, -0.2) is 4.68 Å². The number of methoxy groups -OCH3 is 1. The average molecular weight is 271 g/mol. The molecule has 1 heterocycles. The van der Waals surface area contributed by atoms with E-state index in [9.17, 15) is 0 Å². The fourth-order valence-corrected chi connectivity index (χ4v) is 3.13. The molecule has 1 aliphatic carbocycles. The van der Waals surface area contributed by atoms with Gasteiger partial charge in [-0.05, 0) is 30.9 Å². The Kier molecular flexibility index (Phi) is 3.49. The zero-order chi connectivity index (χ0) is 14.1. The monoisotopic (exact) mass is 271 g/mol. The Morgan fingerprint density at radius 2 is 2.20 bits per heavy atom. The third-order valence-electron chi connectivity index (χ3n) is 4.14. The Labute approximate surface area is 119 Å². The number of rotatable bonds is 4. The summed E-state index contributed by atoms with van der Waals surface area (Å²) >= 11 is 0. The standard InChI is InChI=1S/C16H21N3O/c1-11-14(16(20-3)19(2)18-11)10-17-15-9-8-12-6-4-5-7-13(12)15/h4-7,15,17H,8-10H2,1-3H3/t15-/m0/s1. The minimum Gasteiger partial charge on any atom is -0.481 e. The van der Waals surface area contributed by atoms with Crippen LogP contribution < -0.4 is 10.1 Å². The summed E-state index contributed by atoms with van der Waals surface area (Å²) < 4.78 is 7.24. The van der Waals surface area contributed by atoms with Crippen molar-refractivity contribution in [2.75, 3.05) is 7.11 Å². The molecule has 1 atom stereocenters. The molecule has 1 N–H and O–H groups in total. The summed E-state index contributed by atoms with van der Waals surface area (Å²) in [6.07, 6.45) is 2.33. The lowest BCUT2D eigenvalue weighted by atomic mass is 10.1. The Morgan fingerprint density at radius 3 is 3.00 bits per heavy atom. The molecule has 0 fully saturated rings. The number of hydrogen-bond acceptors (Lipinski definition) is 3. The number of benzene rings is 1. The second-order valence-corrected chi connectivity index (χ2v) is 5.37. The highest BCUT2D eigenvalue weighted by molar-refractivity contribution is 5.35. The Balaban J connectivity index is 1.75. The van der Waals surface area contributed by atoms with Gasteiger partial charge in [0.2, 0.25) is 5.88 Å². The normalized spacial score (nSPS) is 17.2. The van der Waals surface area contributed by atoms with Crippen LogP contribution in [0.3, 0.4) is 0 Å². The van der Waals surface area contributed by atoms with E-state index in [-0.39, 0.29) is 0 Å². The zero-order valence-corrected chi connectivity index (χ0v) is 12.3. The van der Waals surface area contributed by atoms with E-state index < -0.39 is 0 Å². The van der Waals surface area contributed by atoms with Crippen LogP contribution in [0.1, 0.15) is 34.8 Å². The fourth-order valence-electron chi connectivity index (χ4n) is 3.13. The largest absolute Gasteiger partial charge is 0.481 e. The van der Waals surface area contributed by atoms with Gasteiger partial charge in [0.1, 0.15) is 0 Å². The van der Waals surface area contributed by atoms with Crippen molar-refractivity contribution in [3.8, 4) is 5.88 Å². The Bertz CT molecular complexity index is 618. The predicted octanol–water partition coefficient (Wildman–Crippen LogP) is 2.51. The quantitative estimate of drug-likeness (QED) is 0.928. The molecule has 0 radical (unpaired) electrons. The molecular weight excluding hydrogens is 250 g/mol. The van der Waals surface area contributed by atoms with Gasteiger partial charge in [0.25, 0.3) is 0 Å². The SMILES string of the molecule is COc1c(CN[C@H]2CCc3ccccc32)c(C)nn1C. The van der Waals surface area contributed by atoms with Gasteiger partial charge in [-0.2, -0.15) is 5.10 Å². The molecule has 1 aromatic heterocycles. The van der Waals surface area contributed by atoms with E-state index >= 15 is 0 Å². The molecule has 1 aliphatic rings. The lowest BCUT2D eigenvalue weighted by Crippen LogP contribution is -2.19. The number of nitrogens with one attached hydrogen (secondary N) is 1. The summed E-state index contributed by atoms with van der Waals surface area (Å²) in [5.74, 6) is 0.848. The number of ether oxygens (including phenoxy) is 1. The van der Waals surface area contributed by atoms with Crippen LogP contribution in [0.15, 0.2) is 24.3 Å². The van der Waals surface area contributed by atoms with Crippen molar-refractivity contribution in [3.05, 3.63) is 46.6 Å². The first-order chi connectivity index (χ1) is 9.70. The van der Waals surface area contributed by atoms with Crippen molar-refractivity contribution in [2.24, 2.45) is 7.05 Å². The molecule has 0 spiro atoms. The smallest absolute Gasteiger partial charge is 0.216 e. The molecule has 0 aliphatic heterocycles. The minimum atomic E-state index is 0.440. The van der Waals surface area contributed by atoms with Gasteiger partial charge in [-0.3, -0.25) is 0 Å². The number of aromatic nitrogens is 2. The maximum absolute atomic E-state index is 5.44. The first kappa shape index (κ1) is 13.2. The van der Waals surface area contributed by atoms with Crippen molar-refractivity contribution in [2.45, 2.75) is 32.4 Å². The van der Waals surface area contributed by atoms with Gasteiger partial charge >= 0.3 is 0 Å². The molecule has 4 heteroatoms. The molecule has 0 amide bonds. The molecule has 1 aromatic carbocycles. The zero-order valence-electron chi connectivity index (χ0n) is 12.3. The third-order valence-corrected chi connectivity index (χ3v) is 4.14. The van der Waals surface area contributed by atoms with Gasteiger partial charge in [0.05, 0.1) is 18.4 Å². The van der Waals surface area contributed by atoms with Crippen LogP contribution in [-0.2, 0) is 20.0 Å². The van der Waals surface area contributed by atoms with Crippen LogP contribution in [0.25, 0.3) is 0 Å². The highest BCUT2D eigenvalue weighted by Crippen LogP contribution is 2.31. The van der Waals surface area contributed by atoms with Crippen molar-refractivity contribution in [3.63, 3.8) is 0 Å². The minimum absolute atomic E-state index is 0.440. The summed E-state index contributed by atoms with van der Waals surface area (Å²) in [6.45, 7) is 2.82. The van der Waals surface area contributed by atoms with Crippen molar-refractivity contribution < 1.29 is 4.74 Å². The molecule has 2 aromatic rings. The van der Waals surface area contributed by atoms with E-state index in [1.807, 2.05) is 14.0 Å². The topological polar surface area (TPSA) is 39.1 Å². The van der Waals surface area contributed by atoms with E-state index in [0.717, 1.165) is 30.1 Å². The maximum Gasteiger partial charge on any atom is 0.216 e. The molecular formula is C16H21N3O. The van der Waals surface area contributed by atoms with E-state index in [0.29, 0.717) is 6.04 Å². The highest BCUT2D eigenvalue weighted by atomic mass is 16.5. The number of hydrogen-bond donors (Lipinski definition) is 1. The summed E-state index contributed by atoms with van der Waals surface area (Å²) in [5, 5.41) is 8.07. The van der Waals surface area contributed by atoms with Crippen LogP contribution in [0.4, 0.5) is 0 Å². The van der Waals surface area contributed by atoms with Gasteiger partial charge in [0, 0.05) is 19.6 Å². The van der Waals surface area contributed by atoms with E-state index in [1.165, 1.54) is 17.5 Å². The number of nitrogens with zero attached hydrogens (tertiary/aromatic N) is 2. The second-order valence-electron chi connectivity index (χ2n) is 5.37. The van der Waals surface area contributed by atoms with E-state index in [4.69, 9.17) is 4.74 Å². The fraction of sp³-hybridized carbons (Fsp3) is 0.438. The van der Waals surface area contributed by atoms with Crippen LogP contribution in [-0.4, -0.2) is 16.9 Å². The van der Waals surface area contributed by atoms with Crippen molar-refractivity contribution >= 4 is 0 Å². The molecule has 0 unspecified atom stereocenters. The van der Waals surface area contributed by atoms with Crippen LogP contribution in [0.5, 0.6) is 5.88 Å². The molecule has 106 valence electrons. The van der Waals surface area contributed by atoms with Gasteiger partial charge in [0.15, 0.2) is 0 Å². The van der Waals surface area contributed by atoms with Gasteiger partial charge < -0.3 is 10.1 Å². The van der Waals surface area contributed by atoms with E-state index in [2.05, 4.69) is 34.7 Å². The Hall–Kier alpha value is -1.81. The lowest BCUT2D eigenvalue weighted by molar-refractivity contribution is 0.366. The van der Waals surface area contributed by atoms with Crippen LogP contribution in [0.2, 0.25) is 0 Å². The molecule has 0 saturated carbocycles. The van der Waals surface area contributed by atoms with Crippen LogP contribution in [0, 0.1) is 6.92 Å². The Morgan fingerprint density at radius 1 is 1.40 bits per heavy atom. The maximum atomic E-state index is 5.44. The summed E-state index contributed by atoms with van der Waals surface area (Å²) in [4.78, 5) is 0. The van der Waals surface area contributed by atoms with Crippen molar-refractivity contribution in [1.29, 1.82) is 0 Å². The van der Waals surface area contributed by atoms with Gasteiger partial charge in [-0.1, -0.05) is 24.3 Å². The number of fused-ring (bicyclic) bond motifs is 1. The first-order valence-electron chi connectivity index (χ1n) is 7.08. The molecule has 4 nitrogen and oxygen atoms in total. The summed E-state index contributed by atoms with van der Waals surface area (Å²) in [6, 6.07) is 9.14. The second kappa shape index (κ2) is 5.29. The summed E-state index contributed by atoms with van der Waals surface area (Å²) in [7, 11) is 3.62. The first-order valence-corrected chi connectivity index (χ1v) is 7.08. The molecule has 20 heavy (non-hydrogen) atoms. The lowest BCUT2D eigenvalue weighted by Gasteiger charge is -2.14. The summed E-state index contributed by atoms with van der Waals surface area (Å²) in [5.41, 5.74) is 5.09. The average Bonchev–Trinajstić information content (AvgIpc) is 2.97. The highest BCUT2D eigenvalue weighted by Gasteiger charge is 2.22. The number of aryl methyl sites for hydroxylation is 3. The van der Waals surface area contributed by atoms with E-state index in [1.54, 1.807) is 11.8 Å². The molecule has 3 rings (SSSR count). The van der Waals surface area contributed by atoms with Gasteiger partial charge in [-0.15, -0.1) is 0 Å². The van der Waals surface area contributed by atoms with Crippen LogP contribution >= 0.6 is 0 Å². The third kappa shape index (κ3) is 2.20. The predicted molar refractivity (Wildman–Crippen MR) is 78.8 cm³/mol. The molecule has 0 bridgehead atoms.